The van der Waals surface area contributed by atoms with E-state index in [1.807, 2.05) is 6.33 Å². The summed E-state index contributed by atoms with van der Waals surface area (Å²) in [6.45, 7) is 5.20. The summed E-state index contributed by atoms with van der Waals surface area (Å²) >= 11 is 0. The van der Waals surface area contributed by atoms with E-state index in [4.69, 9.17) is 0 Å². The molecule has 0 atom stereocenters. The van der Waals surface area contributed by atoms with Crippen LogP contribution in [0.5, 0.6) is 0 Å². The van der Waals surface area contributed by atoms with E-state index < -0.39 is 0 Å². The van der Waals surface area contributed by atoms with Gasteiger partial charge in [0.05, 0.1) is 6.33 Å². The Kier molecular flexibility index (Phi) is 4.40. The summed E-state index contributed by atoms with van der Waals surface area (Å²) < 4.78 is 2.09. The minimum atomic E-state index is 0.567. The molecule has 1 saturated carbocycles. The average molecular weight is 342 g/mol. The van der Waals surface area contributed by atoms with Crippen LogP contribution in [-0.2, 0) is 6.54 Å². The smallest absolute Gasteiger partial charge is 0.165 e. The standard InChI is InChI=1S/C19H30N6/c1-4-24-14-22-16-17(24)20-13-21-18(16)25-11-9-19(10-12-25)7-5-15(6-8-19)23(2)3/h13-15H,4-12H2,1-3H3. The maximum atomic E-state index is 4.59. The Morgan fingerprint density at radius 3 is 2.44 bits per heavy atom. The van der Waals surface area contributed by atoms with Gasteiger partial charge in [0.2, 0.25) is 0 Å². The second-order valence-electron chi connectivity index (χ2n) is 8.08. The minimum Gasteiger partial charge on any atom is -0.355 e. The molecule has 0 radical (unpaired) electrons. The number of fused-ring (bicyclic) bond motifs is 1. The fraction of sp³-hybridized carbons (Fsp3) is 0.737. The predicted octanol–water partition coefficient (Wildman–Crippen LogP) is 2.94. The van der Waals surface area contributed by atoms with Gasteiger partial charge >= 0.3 is 0 Å². The van der Waals surface area contributed by atoms with Gasteiger partial charge in [-0.3, -0.25) is 0 Å². The van der Waals surface area contributed by atoms with Gasteiger partial charge < -0.3 is 14.4 Å². The largest absolute Gasteiger partial charge is 0.355 e. The third kappa shape index (κ3) is 3.01. The first kappa shape index (κ1) is 16.8. The fourth-order valence-electron chi connectivity index (χ4n) is 4.76. The minimum absolute atomic E-state index is 0.567. The number of imidazole rings is 1. The molecule has 25 heavy (non-hydrogen) atoms. The summed E-state index contributed by atoms with van der Waals surface area (Å²) in [7, 11) is 4.45. The molecule has 2 aromatic rings. The SMILES string of the molecule is CCn1cnc2c(N3CCC4(CCC(N(C)C)CC4)CC3)ncnc21. The van der Waals surface area contributed by atoms with Gasteiger partial charge in [-0.05, 0) is 65.0 Å². The third-order valence-corrected chi connectivity index (χ3v) is 6.59. The van der Waals surface area contributed by atoms with Gasteiger partial charge in [0.25, 0.3) is 0 Å². The van der Waals surface area contributed by atoms with Gasteiger partial charge in [0.15, 0.2) is 17.0 Å². The quantitative estimate of drug-likeness (QED) is 0.858. The summed E-state index contributed by atoms with van der Waals surface area (Å²) in [5.74, 6) is 1.02. The predicted molar refractivity (Wildman–Crippen MR) is 101 cm³/mol. The van der Waals surface area contributed by atoms with Crippen molar-refractivity contribution in [2.75, 3.05) is 32.1 Å². The van der Waals surface area contributed by atoms with E-state index in [2.05, 4.69) is 50.3 Å². The van der Waals surface area contributed by atoms with Gasteiger partial charge in [0, 0.05) is 25.7 Å². The van der Waals surface area contributed by atoms with Crippen molar-refractivity contribution < 1.29 is 0 Å². The summed E-state index contributed by atoms with van der Waals surface area (Å²) in [5.41, 5.74) is 2.48. The molecule has 2 aromatic heterocycles. The lowest BCUT2D eigenvalue weighted by Crippen LogP contribution is -2.44. The van der Waals surface area contributed by atoms with Crippen LogP contribution in [0.1, 0.15) is 45.4 Å². The molecule has 0 amide bonds. The monoisotopic (exact) mass is 342 g/mol. The van der Waals surface area contributed by atoms with Crippen molar-refractivity contribution in [3.8, 4) is 0 Å². The molecule has 1 spiro atoms. The summed E-state index contributed by atoms with van der Waals surface area (Å²) in [4.78, 5) is 18.4. The van der Waals surface area contributed by atoms with Gasteiger partial charge in [-0.15, -0.1) is 0 Å². The highest BCUT2D eigenvalue weighted by Gasteiger charge is 2.39. The van der Waals surface area contributed by atoms with Crippen LogP contribution in [0, 0.1) is 5.41 Å². The molecule has 1 aliphatic heterocycles. The van der Waals surface area contributed by atoms with Crippen LogP contribution >= 0.6 is 0 Å². The normalized spacial score (nSPS) is 21.5. The van der Waals surface area contributed by atoms with Crippen LogP contribution < -0.4 is 4.90 Å². The Hall–Kier alpha value is -1.69. The van der Waals surface area contributed by atoms with Gasteiger partial charge in [0.1, 0.15) is 6.33 Å². The topological polar surface area (TPSA) is 50.1 Å². The van der Waals surface area contributed by atoms with E-state index >= 15 is 0 Å². The molecule has 2 aliphatic rings. The average Bonchev–Trinajstić information content (AvgIpc) is 3.06. The lowest BCUT2D eigenvalue weighted by Gasteiger charge is -2.47. The number of piperidine rings is 1. The van der Waals surface area contributed by atoms with E-state index in [0.717, 1.165) is 42.7 Å². The third-order valence-electron chi connectivity index (χ3n) is 6.59. The van der Waals surface area contributed by atoms with Crippen molar-refractivity contribution in [1.82, 2.24) is 24.4 Å². The van der Waals surface area contributed by atoms with Crippen LogP contribution in [-0.4, -0.2) is 57.6 Å². The molecule has 4 rings (SSSR count). The van der Waals surface area contributed by atoms with Crippen LogP contribution in [0.4, 0.5) is 5.82 Å². The van der Waals surface area contributed by atoms with E-state index in [-0.39, 0.29) is 0 Å². The first-order chi connectivity index (χ1) is 12.1. The Balaban J connectivity index is 1.47. The highest BCUT2D eigenvalue weighted by molar-refractivity contribution is 5.83. The molecule has 6 heteroatoms. The maximum absolute atomic E-state index is 4.59. The second kappa shape index (κ2) is 6.56. The van der Waals surface area contributed by atoms with Crippen LogP contribution in [0.2, 0.25) is 0 Å². The van der Waals surface area contributed by atoms with E-state index in [1.165, 1.54) is 38.5 Å². The molecule has 136 valence electrons. The van der Waals surface area contributed by atoms with Crippen molar-refractivity contribution in [3.63, 3.8) is 0 Å². The molecule has 0 bridgehead atoms. The highest BCUT2D eigenvalue weighted by atomic mass is 15.2. The summed E-state index contributed by atoms with van der Waals surface area (Å²) in [5, 5.41) is 0. The Morgan fingerprint density at radius 2 is 1.80 bits per heavy atom. The number of aryl methyl sites for hydroxylation is 1. The molecule has 2 fully saturated rings. The Morgan fingerprint density at radius 1 is 1.08 bits per heavy atom. The van der Waals surface area contributed by atoms with Crippen LogP contribution in [0.15, 0.2) is 12.7 Å². The van der Waals surface area contributed by atoms with Gasteiger partial charge in [-0.1, -0.05) is 0 Å². The Labute approximate surface area is 150 Å². The molecule has 0 N–H and O–H groups in total. The number of nitrogens with zero attached hydrogens (tertiary/aromatic N) is 6. The molecule has 0 aromatic carbocycles. The summed E-state index contributed by atoms with van der Waals surface area (Å²) in [6, 6.07) is 0.781. The second-order valence-corrected chi connectivity index (χ2v) is 8.08. The molecule has 6 nitrogen and oxygen atoms in total. The number of hydrogen-bond donors (Lipinski definition) is 0. The van der Waals surface area contributed by atoms with Crippen molar-refractivity contribution in [1.29, 1.82) is 0 Å². The van der Waals surface area contributed by atoms with Crippen LogP contribution in [0.3, 0.4) is 0 Å². The zero-order valence-electron chi connectivity index (χ0n) is 15.8. The first-order valence-electron chi connectivity index (χ1n) is 9.69. The Bertz CT molecular complexity index is 719. The molecule has 3 heterocycles. The van der Waals surface area contributed by atoms with E-state index in [0.29, 0.717) is 5.41 Å². The molecule has 1 aliphatic carbocycles. The van der Waals surface area contributed by atoms with E-state index in [9.17, 15) is 0 Å². The fourth-order valence-corrected chi connectivity index (χ4v) is 4.76. The van der Waals surface area contributed by atoms with Crippen molar-refractivity contribution in [3.05, 3.63) is 12.7 Å². The lowest BCUT2D eigenvalue weighted by molar-refractivity contribution is 0.0923. The van der Waals surface area contributed by atoms with Crippen molar-refractivity contribution in [2.45, 2.75) is 58.0 Å². The number of hydrogen-bond acceptors (Lipinski definition) is 5. The van der Waals surface area contributed by atoms with E-state index in [1.54, 1.807) is 6.33 Å². The first-order valence-corrected chi connectivity index (χ1v) is 9.69. The van der Waals surface area contributed by atoms with Crippen molar-refractivity contribution in [2.24, 2.45) is 5.41 Å². The molecule has 0 unspecified atom stereocenters. The van der Waals surface area contributed by atoms with Crippen molar-refractivity contribution >= 4 is 17.0 Å². The molecule has 1 saturated heterocycles. The molecular formula is C19H30N6. The zero-order chi connectivity index (χ0) is 17.4. The number of aromatic nitrogens is 4. The maximum Gasteiger partial charge on any atom is 0.165 e. The van der Waals surface area contributed by atoms with Crippen LogP contribution in [0.25, 0.3) is 11.2 Å². The highest BCUT2D eigenvalue weighted by Crippen LogP contribution is 2.46. The summed E-state index contributed by atoms with van der Waals surface area (Å²) in [6.07, 6.45) is 11.6. The van der Waals surface area contributed by atoms with Gasteiger partial charge in [-0.2, -0.15) is 0 Å². The lowest BCUT2D eigenvalue weighted by atomic mass is 9.67. The number of anilines is 1. The molecular weight excluding hydrogens is 312 g/mol. The van der Waals surface area contributed by atoms with Gasteiger partial charge in [-0.25, -0.2) is 15.0 Å². The number of rotatable bonds is 3. The zero-order valence-corrected chi connectivity index (χ0v) is 15.8.